The standard InChI is InChI=1S/C20H28N2O6/c1-6-8-9-13-16(19(23)27-5)17(22-20(24)21-13)12-10-14(25-3)18(28-7-2)15(11-12)26-4/h10-11,17H,6-9H2,1-5H3,(H2,21,22,24). The van der Waals surface area contributed by atoms with Crippen molar-refractivity contribution >= 4 is 12.0 Å². The first-order valence-electron chi connectivity index (χ1n) is 9.28. The van der Waals surface area contributed by atoms with Crippen LogP contribution in [-0.2, 0) is 9.53 Å². The van der Waals surface area contributed by atoms with E-state index in [1.807, 2.05) is 13.8 Å². The summed E-state index contributed by atoms with van der Waals surface area (Å²) in [4.78, 5) is 24.8. The molecule has 0 saturated carbocycles. The summed E-state index contributed by atoms with van der Waals surface area (Å²) in [5.41, 5.74) is 1.56. The molecule has 1 aromatic rings. The second kappa shape index (κ2) is 9.87. The number of amides is 2. The zero-order valence-corrected chi connectivity index (χ0v) is 17.0. The maximum atomic E-state index is 12.6. The molecule has 0 spiro atoms. The molecule has 1 heterocycles. The van der Waals surface area contributed by atoms with Crippen molar-refractivity contribution < 1.29 is 28.5 Å². The van der Waals surface area contributed by atoms with Crippen LogP contribution in [0.1, 0.15) is 44.7 Å². The molecule has 0 aliphatic carbocycles. The lowest BCUT2D eigenvalue weighted by atomic mass is 9.93. The number of carbonyl (C=O) groups is 2. The number of ether oxygens (including phenoxy) is 4. The largest absolute Gasteiger partial charge is 0.493 e. The normalized spacial score (nSPS) is 16.2. The topological polar surface area (TPSA) is 95.1 Å². The summed E-state index contributed by atoms with van der Waals surface area (Å²) in [5, 5.41) is 5.54. The van der Waals surface area contributed by atoms with Crippen LogP contribution in [0.4, 0.5) is 4.79 Å². The van der Waals surface area contributed by atoms with Crippen molar-refractivity contribution in [2.45, 2.75) is 39.2 Å². The molecule has 0 fully saturated rings. The highest BCUT2D eigenvalue weighted by Crippen LogP contribution is 2.42. The van der Waals surface area contributed by atoms with Gasteiger partial charge in [-0.3, -0.25) is 0 Å². The SMILES string of the molecule is CCCCC1=C(C(=O)OC)C(c2cc(OC)c(OCC)c(OC)c2)NC(=O)N1. The summed E-state index contributed by atoms with van der Waals surface area (Å²) >= 11 is 0. The van der Waals surface area contributed by atoms with Crippen molar-refractivity contribution in [3.05, 3.63) is 29.0 Å². The molecule has 28 heavy (non-hydrogen) atoms. The maximum absolute atomic E-state index is 12.6. The van der Waals surface area contributed by atoms with Crippen LogP contribution in [-0.4, -0.2) is 39.9 Å². The van der Waals surface area contributed by atoms with Gasteiger partial charge in [0.15, 0.2) is 11.5 Å². The molecular weight excluding hydrogens is 364 g/mol. The van der Waals surface area contributed by atoms with Crippen LogP contribution in [0.3, 0.4) is 0 Å². The van der Waals surface area contributed by atoms with E-state index in [0.717, 1.165) is 12.8 Å². The van der Waals surface area contributed by atoms with Crippen molar-refractivity contribution in [2.24, 2.45) is 0 Å². The van der Waals surface area contributed by atoms with E-state index in [4.69, 9.17) is 18.9 Å². The second-order valence-electron chi connectivity index (χ2n) is 6.21. The monoisotopic (exact) mass is 392 g/mol. The highest BCUT2D eigenvalue weighted by Gasteiger charge is 2.34. The molecule has 8 heteroatoms. The maximum Gasteiger partial charge on any atom is 0.337 e. The van der Waals surface area contributed by atoms with E-state index in [9.17, 15) is 9.59 Å². The first-order chi connectivity index (χ1) is 13.5. The number of urea groups is 1. The first-order valence-corrected chi connectivity index (χ1v) is 9.28. The van der Waals surface area contributed by atoms with Gasteiger partial charge in [0.2, 0.25) is 5.75 Å². The Hall–Kier alpha value is -2.90. The Labute approximate surface area is 165 Å². The zero-order valence-electron chi connectivity index (χ0n) is 17.0. The first kappa shape index (κ1) is 21.4. The van der Waals surface area contributed by atoms with Gasteiger partial charge < -0.3 is 29.6 Å². The van der Waals surface area contributed by atoms with Crippen LogP contribution in [0.25, 0.3) is 0 Å². The molecule has 8 nitrogen and oxygen atoms in total. The molecule has 2 N–H and O–H groups in total. The Morgan fingerprint density at radius 2 is 1.75 bits per heavy atom. The van der Waals surface area contributed by atoms with Gasteiger partial charge >= 0.3 is 12.0 Å². The summed E-state index contributed by atoms with van der Waals surface area (Å²) in [6, 6.07) is 2.37. The Balaban J connectivity index is 2.61. The van der Waals surface area contributed by atoms with Gasteiger partial charge in [0.05, 0.1) is 39.6 Å². The minimum Gasteiger partial charge on any atom is -0.493 e. The van der Waals surface area contributed by atoms with Crippen LogP contribution in [0.2, 0.25) is 0 Å². The average molecular weight is 392 g/mol. The van der Waals surface area contributed by atoms with Crippen LogP contribution < -0.4 is 24.8 Å². The number of carbonyl (C=O) groups excluding carboxylic acids is 2. The Bertz CT molecular complexity index is 734. The number of allylic oxidation sites excluding steroid dienone is 1. The van der Waals surface area contributed by atoms with E-state index >= 15 is 0 Å². The van der Waals surface area contributed by atoms with Gasteiger partial charge in [0.25, 0.3) is 0 Å². The van der Waals surface area contributed by atoms with E-state index in [-0.39, 0.29) is 6.03 Å². The van der Waals surface area contributed by atoms with Crippen molar-refractivity contribution in [1.82, 2.24) is 10.6 Å². The van der Waals surface area contributed by atoms with E-state index in [1.54, 1.807) is 12.1 Å². The highest BCUT2D eigenvalue weighted by atomic mass is 16.5. The van der Waals surface area contributed by atoms with E-state index < -0.39 is 12.0 Å². The third-order valence-corrected chi connectivity index (χ3v) is 4.44. The summed E-state index contributed by atoms with van der Waals surface area (Å²) in [6.07, 6.45) is 2.32. The second-order valence-corrected chi connectivity index (χ2v) is 6.21. The summed E-state index contributed by atoms with van der Waals surface area (Å²) < 4.78 is 21.5. The van der Waals surface area contributed by atoms with Crippen LogP contribution in [0.15, 0.2) is 23.4 Å². The summed E-state index contributed by atoms with van der Waals surface area (Å²) in [6.45, 7) is 4.34. The van der Waals surface area contributed by atoms with E-state index in [2.05, 4.69) is 10.6 Å². The zero-order chi connectivity index (χ0) is 20.7. The van der Waals surface area contributed by atoms with Gasteiger partial charge in [0.1, 0.15) is 0 Å². The molecule has 1 aliphatic heterocycles. The molecule has 2 rings (SSSR count). The smallest absolute Gasteiger partial charge is 0.337 e. The van der Waals surface area contributed by atoms with Crippen LogP contribution in [0, 0.1) is 0 Å². The summed E-state index contributed by atoms with van der Waals surface area (Å²) in [7, 11) is 4.36. The fourth-order valence-electron chi connectivity index (χ4n) is 3.12. The van der Waals surface area contributed by atoms with Gasteiger partial charge in [-0.2, -0.15) is 0 Å². The number of benzene rings is 1. The quantitative estimate of drug-likeness (QED) is 0.627. The minimum atomic E-state index is -0.702. The molecule has 0 aromatic heterocycles. The fraction of sp³-hybridized carbons (Fsp3) is 0.500. The molecule has 1 atom stereocenters. The predicted octanol–water partition coefficient (Wildman–Crippen LogP) is 3.07. The Morgan fingerprint density at radius 3 is 2.25 bits per heavy atom. The molecule has 0 radical (unpaired) electrons. The molecular formula is C20H28N2O6. The van der Waals surface area contributed by atoms with Gasteiger partial charge in [-0.1, -0.05) is 13.3 Å². The van der Waals surface area contributed by atoms with Crippen molar-refractivity contribution in [2.75, 3.05) is 27.9 Å². The number of nitrogens with one attached hydrogen (secondary N) is 2. The molecule has 0 bridgehead atoms. The van der Waals surface area contributed by atoms with Gasteiger partial charge in [-0.15, -0.1) is 0 Å². The molecule has 2 amide bonds. The number of methoxy groups -OCH3 is 3. The number of unbranched alkanes of at least 4 members (excludes halogenated alkanes) is 1. The third kappa shape index (κ3) is 4.49. The molecule has 1 aliphatic rings. The molecule has 0 saturated heterocycles. The number of rotatable bonds is 9. The van der Waals surface area contributed by atoms with E-state index in [1.165, 1.54) is 21.3 Å². The lowest BCUT2D eigenvalue weighted by Crippen LogP contribution is -2.45. The molecule has 1 unspecified atom stereocenters. The van der Waals surface area contributed by atoms with Crippen molar-refractivity contribution in [3.8, 4) is 17.2 Å². The number of hydrogen-bond acceptors (Lipinski definition) is 6. The predicted molar refractivity (Wildman–Crippen MR) is 104 cm³/mol. The lowest BCUT2D eigenvalue weighted by molar-refractivity contribution is -0.136. The fourth-order valence-corrected chi connectivity index (χ4v) is 3.12. The number of hydrogen-bond donors (Lipinski definition) is 2. The average Bonchev–Trinajstić information content (AvgIpc) is 2.71. The van der Waals surface area contributed by atoms with Crippen LogP contribution >= 0.6 is 0 Å². The van der Waals surface area contributed by atoms with Gasteiger partial charge in [0, 0.05) is 5.70 Å². The van der Waals surface area contributed by atoms with Gasteiger partial charge in [-0.25, -0.2) is 9.59 Å². The molecule has 1 aromatic carbocycles. The van der Waals surface area contributed by atoms with Crippen molar-refractivity contribution in [3.63, 3.8) is 0 Å². The Kier molecular flexibility index (Phi) is 7.54. The summed E-state index contributed by atoms with van der Waals surface area (Å²) in [5.74, 6) is 0.855. The third-order valence-electron chi connectivity index (χ3n) is 4.44. The lowest BCUT2D eigenvalue weighted by Gasteiger charge is -2.30. The van der Waals surface area contributed by atoms with Gasteiger partial charge in [-0.05, 0) is 37.5 Å². The van der Waals surface area contributed by atoms with Crippen LogP contribution in [0.5, 0.6) is 17.2 Å². The highest BCUT2D eigenvalue weighted by molar-refractivity contribution is 5.95. The number of esters is 1. The Morgan fingerprint density at radius 1 is 1.11 bits per heavy atom. The van der Waals surface area contributed by atoms with E-state index in [0.29, 0.717) is 47.1 Å². The van der Waals surface area contributed by atoms with Crippen molar-refractivity contribution in [1.29, 1.82) is 0 Å². The molecule has 154 valence electrons. The minimum absolute atomic E-state index is 0.365.